The van der Waals surface area contributed by atoms with Gasteiger partial charge in [0, 0.05) is 50.4 Å². The fraction of sp³-hybridized carbons (Fsp3) is 0.0164. The van der Waals surface area contributed by atoms with Crippen molar-refractivity contribution in [1.29, 1.82) is 0 Å². The molecule has 13 rings (SSSR count). The second kappa shape index (κ2) is 14.3. The minimum absolute atomic E-state index is 0.504. The molecular weight excluding hydrogens is 777 g/mol. The van der Waals surface area contributed by atoms with E-state index in [1.54, 1.807) is 0 Å². The third kappa shape index (κ3) is 5.41. The molecule has 1 aliphatic rings. The van der Waals surface area contributed by atoms with Crippen molar-refractivity contribution in [2.75, 3.05) is 4.90 Å². The van der Waals surface area contributed by atoms with Gasteiger partial charge in [-0.3, -0.25) is 0 Å². The summed E-state index contributed by atoms with van der Waals surface area (Å²) in [5, 5.41) is 4.65. The number of rotatable bonds is 7. The monoisotopic (exact) mass is 816 g/mol. The maximum absolute atomic E-state index is 7.04. The fourth-order valence-corrected chi connectivity index (χ4v) is 10.7. The molecule has 0 bridgehead atoms. The van der Waals surface area contributed by atoms with E-state index in [0.717, 1.165) is 50.2 Å². The first kappa shape index (κ1) is 36.3. The topological polar surface area (TPSA) is 21.3 Å². The molecule has 0 saturated heterocycles. The number of hydrogen-bond donors (Lipinski definition) is 0. The Kier molecular flexibility index (Phi) is 8.13. The molecule has 64 heavy (non-hydrogen) atoms. The van der Waals surface area contributed by atoms with Gasteiger partial charge < -0.3 is 13.9 Å². The largest absolute Gasteiger partial charge is 0.456 e. The number of furan rings is 1. The number of hydrogen-bond acceptors (Lipinski definition) is 2. The zero-order valence-corrected chi connectivity index (χ0v) is 34.9. The zero-order valence-electron chi connectivity index (χ0n) is 34.9. The van der Waals surface area contributed by atoms with Crippen LogP contribution in [-0.4, -0.2) is 4.57 Å². The third-order valence-electron chi connectivity index (χ3n) is 13.5. The molecule has 0 saturated carbocycles. The summed E-state index contributed by atoms with van der Waals surface area (Å²) in [6.45, 7) is 0. The molecule has 0 amide bonds. The van der Waals surface area contributed by atoms with Crippen LogP contribution in [0.3, 0.4) is 0 Å². The fourth-order valence-electron chi connectivity index (χ4n) is 10.7. The zero-order chi connectivity index (χ0) is 42.2. The Morgan fingerprint density at radius 1 is 0.344 bits per heavy atom. The number of benzene rings is 10. The van der Waals surface area contributed by atoms with Gasteiger partial charge in [-0.1, -0.05) is 170 Å². The molecule has 1 aliphatic carbocycles. The highest BCUT2D eigenvalue weighted by atomic mass is 16.3. The lowest BCUT2D eigenvalue weighted by Gasteiger charge is -2.33. The second-order valence-corrected chi connectivity index (χ2v) is 16.8. The molecule has 0 aliphatic heterocycles. The van der Waals surface area contributed by atoms with E-state index >= 15 is 0 Å². The summed E-state index contributed by atoms with van der Waals surface area (Å²) in [5.41, 5.74) is 17.7. The second-order valence-electron chi connectivity index (χ2n) is 16.8. The lowest BCUT2D eigenvalue weighted by atomic mass is 9.67. The third-order valence-corrected chi connectivity index (χ3v) is 13.5. The summed E-state index contributed by atoms with van der Waals surface area (Å²) in [6.07, 6.45) is 0. The first-order chi connectivity index (χ1) is 31.7. The molecule has 10 aromatic carbocycles. The molecule has 3 nitrogen and oxygen atoms in total. The van der Waals surface area contributed by atoms with Gasteiger partial charge in [-0.05, 0) is 111 Å². The average Bonchev–Trinajstić information content (AvgIpc) is 4.00. The minimum atomic E-state index is -0.504. The highest BCUT2D eigenvalue weighted by Gasteiger charge is 2.46. The van der Waals surface area contributed by atoms with Crippen LogP contribution in [0.2, 0.25) is 0 Å². The van der Waals surface area contributed by atoms with Gasteiger partial charge >= 0.3 is 0 Å². The Morgan fingerprint density at radius 2 is 0.891 bits per heavy atom. The van der Waals surface area contributed by atoms with Crippen molar-refractivity contribution in [3.63, 3.8) is 0 Å². The summed E-state index contributed by atoms with van der Waals surface area (Å²) in [7, 11) is 0. The Morgan fingerprint density at radius 3 is 1.62 bits per heavy atom. The van der Waals surface area contributed by atoms with Crippen molar-refractivity contribution in [2.45, 2.75) is 5.41 Å². The van der Waals surface area contributed by atoms with Crippen LogP contribution in [0.15, 0.2) is 247 Å². The van der Waals surface area contributed by atoms with Crippen molar-refractivity contribution in [3.8, 4) is 27.9 Å². The molecule has 0 radical (unpaired) electrons. The predicted molar refractivity (Wildman–Crippen MR) is 265 cm³/mol. The van der Waals surface area contributed by atoms with Crippen LogP contribution in [0, 0.1) is 0 Å². The molecule has 0 unspecified atom stereocenters. The van der Waals surface area contributed by atoms with Gasteiger partial charge in [-0.25, -0.2) is 0 Å². The van der Waals surface area contributed by atoms with Crippen LogP contribution in [-0.2, 0) is 5.41 Å². The minimum Gasteiger partial charge on any atom is -0.456 e. The highest BCUT2D eigenvalue weighted by molar-refractivity contribution is 6.11. The lowest BCUT2D eigenvalue weighted by Crippen LogP contribution is -2.28. The molecule has 12 aromatic rings. The smallest absolute Gasteiger partial charge is 0.137 e. The van der Waals surface area contributed by atoms with E-state index in [2.05, 4.69) is 252 Å². The molecule has 0 N–H and O–H groups in total. The molecule has 2 heterocycles. The first-order valence-corrected chi connectivity index (χ1v) is 22.0. The average molecular weight is 817 g/mol. The Balaban J connectivity index is 1.02. The molecular formula is C61H40N2O. The number of para-hydroxylation sites is 2. The Labute approximate surface area is 371 Å². The lowest BCUT2D eigenvalue weighted by molar-refractivity contribution is 0.666. The van der Waals surface area contributed by atoms with Crippen LogP contribution in [0.5, 0.6) is 0 Å². The van der Waals surface area contributed by atoms with E-state index in [0.29, 0.717) is 0 Å². The van der Waals surface area contributed by atoms with E-state index in [4.69, 9.17) is 4.42 Å². The maximum Gasteiger partial charge on any atom is 0.137 e. The number of fused-ring (bicyclic) bond motifs is 9. The van der Waals surface area contributed by atoms with Gasteiger partial charge in [0.1, 0.15) is 11.2 Å². The maximum atomic E-state index is 7.04. The Bertz CT molecular complexity index is 3660. The van der Waals surface area contributed by atoms with Crippen molar-refractivity contribution >= 4 is 60.8 Å². The number of anilines is 3. The van der Waals surface area contributed by atoms with Gasteiger partial charge in [0.2, 0.25) is 0 Å². The van der Waals surface area contributed by atoms with Crippen LogP contribution >= 0.6 is 0 Å². The SMILES string of the molecule is c1ccc(-c2ccc(N(c3ccc4c(c3)oc3cc5c(cc34)-c3ccccc3C5(c3ccccc3)c3ccccc3)c3ccc4c5ccccc5n(-c5ccccc5)c4c3)cc2)cc1. The van der Waals surface area contributed by atoms with Crippen molar-refractivity contribution in [2.24, 2.45) is 0 Å². The van der Waals surface area contributed by atoms with Crippen molar-refractivity contribution in [3.05, 3.63) is 265 Å². The van der Waals surface area contributed by atoms with Gasteiger partial charge in [-0.15, -0.1) is 0 Å². The number of aromatic nitrogens is 1. The van der Waals surface area contributed by atoms with Crippen molar-refractivity contribution < 1.29 is 4.42 Å². The molecule has 300 valence electrons. The molecule has 0 atom stereocenters. The first-order valence-electron chi connectivity index (χ1n) is 22.0. The normalized spacial score (nSPS) is 12.8. The van der Waals surface area contributed by atoms with E-state index in [-0.39, 0.29) is 0 Å². The molecule has 2 aromatic heterocycles. The van der Waals surface area contributed by atoms with E-state index < -0.39 is 5.41 Å². The van der Waals surface area contributed by atoms with E-state index in [1.165, 1.54) is 60.8 Å². The van der Waals surface area contributed by atoms with E-state index in [9.17, 15) is 0 Å². The quantitative estimate of drug-likeness (QED) is 0.160. The van der Waals surface area contributed by atoms with Gasteiger partial charge in [0.15, 0.2) is 0 Å². The van der Waals surface area contributed by atoms with Gasteiger partial charge in [0.05, 0.1) is 16.4 Å². The molecule has 0 spiro atoms. The Hall–Kier alpha value is -8.40. The predicted octanol–water partition coefficient (Wildman–Crippen LogP) is 16.2. The van der Waals surface area contributed by atoms with Crippen LogP contribution in [0.25, 0.3) is 71.7 Å². The van der Waals surface area contributed by atoms with Gasteiger partial charge in [0.25, 0.3) is 0 Å². The van der Waals surface area contributed by atoms with Gasteiger partial charge in [-0.2, -0.15) is 0 Å². The van der Waals surface area contributed by atoms with Crippen LogP contribution in [0.1, 0.15) is 22.3 Å². The summed E-state index contributed by atoms with van der Waals surface area (Å²) < 4.78 is 9.42. The standard InChI is InChI=1S/C61H40N2O/c1-5-17-41(18-6-1)42-29-31-46(32-30-42)62(47-33-35-51-50-26-14-16-28-57(50)63(58(51)37-47)45-23-11-4-12-24-45)48-34-36-52-54-39-53-49-25-13-15-27-55(49)61(43-19-7-2-8-20-43,44-21-9-3-10-22-44)56(53)40-60(54)64-59(52)38-48/h1-40H. The highest BCUT2D eigenvalue weighted by Crippen LogP contribution is 2.57. The van der Waals surface area contributed by atoms with E-state index in [1.807, 2.05) is 0 Å². The van der Waals surface area contributed by atoms with Crippen LogP contribution in [0.4, 0.5) is 17.1 Å². The van der Waals surface area contributed by atoms with Crippen LogP contribution < -0.4 is 4.90 Å². The summed E-state index contributed by atoms with van der Waals surface area (Å²) in [5.74, 6) is 0. The number of nitrogens with zero attached hydrogens (tertiary/aromatic N) is 2. The summed E-state index contributed by atoms with van der Waals surface area (Å²) >= 11 is 0. The van der Waals surface area contributed by atoms with Crippen molar-refractivity contribution in [1.82, 2.24) is 4.57 Å². The summed E-state index contributed by atoms with van der Waals surface area (Å²) in [6, 6.07) is 88.0. The summed E-state index contributed by atoms with van der Waals surface area (Å²) in [4.78, 5) is 2.36. The molecule has 3 heteroatoms. The molecule has 0 fully saturated rings.